The van der Waals surface area contributed by atoms with Gasteiger partial charge >= 0.3 is 5.63 Å². The van der Waals surface area contributed by atoms with Crippen LogP contribution in [-0.2, 0) is 6.54 Å². The van der Waals surface area contributed by atoms with Gasteiger partial charge in [-0.2, -0.15) is 0 Å². The maximum absolute atomic E-state index is 11.7. The molecule has 106 valence electrons. The number of fused-ring (bicyclic) bond motifs is 1. The molecule has 5 heteroatoms. The van der Waals surface area contributed by atoms with Crippen LogP contribution in [0.5, 0.6) is 5.75 Å². The van der Waals surface area contributed by atoms with Crippen LogP contribution in [-0.4, -0.2) is 38.2 Å². The summed E-state index contributed by atoms with van der Waals surface area (Å²) < 4.78 is 10.5. The highest BCUT2D eigenvalue weighted by atomic mass is 16.5. The van der Waals surface area contributed by atoms with E-state index in [-0.39, 0.29) is 5.63 Å². The van der Waals surface area contributed by atoms with Gasteiger partial charge in [-0.25, -0.2) is 4.79 Å². The third-order valence-corrected chi connectivity index (χ3v) is 3.64. The van der Waals surface area contributed by atoms with Crippen molar-refractivity contribution in [1.29, 1.82) is 0 Å². The molecule has 1 aromatic heterocycles. The van der Waals surface area contributed by atoms with Gasteiger partial charge < -0.3 is 14.5 Å². The first-order chi connectivity index (χ1) is 9.76. The molecule has 1 fully saturated rings. The molecule has 5 nitrogen and oxygen atoms in total. The first-order valence-corrected chi connectivity index (χ1v) is 6.80. The monoisotopic (exact) mass is 274 g/mol. The van der Waals surface area contributed by atoms with Crippen molar-refractivity contribution >= 4 is 11.0 Å². The zero-order valence-corrected chi connectivity index (χ0v) is 11.5. The minimum absolute atomic E-state index is 0.298. The van der Waals surface area contributed by atoms with E-state index in [4.69, 9.17) is 9.15 Å². The van der Waals surface area contributed by atoms with Gasteiger partial charge in [0.15, 0.2) is 0 Å². The van der Waals surface area contributed by atoms with Gasteiger partial charge in [0.25, 0.3) is 0 Å². The Kier molecular flexibility index (Phi) is 3.71. The molecule has 0 atom stereocenters. The van der Waals surface area contributed by atoms with Crippen LogP contribution in [0.3, 0.4) is 0 Å². The van der Waals surface area contributed by atoms with E-state index >= 15 is 0 Å². The normalized spacial score (nSPS) is 16.4. The van der Waals surface area contributed by atoms with Crippen LogP contribution in [0.15, 0.2) is 33.5 Å². The lowest BCUT2D eigenvalue weighted by molar-refractivity contribution is 0.233. The Labute approximate surface area is 117 Å². The molecule has 0 bridgehead atoms. The van der Waals surface area contributed by atoms with Crippen molar-refractivity contribution < 1.29 is 9.15 Å². The Bertz CT molecular complexity index is 660. The summed E-state index contributed by atoms with van der Waals surface area (Å²) in [7, 11) is 1.64. The zero-order valence-electron chi connectivity index (χ0n) is 11.5. The predicted octanol–water partition coefficient (Wildman–Crippen LogP) is 1.21. The van der Waals surface area contributed by atoms with Gasteiger partial charge in [0.1, 0.15) is 11.3 Å². The molecule has 1 aliphatic rings. The van der Waals surface area contributed by atoms with Crippen molar-refractivity contribution in [2.75, 3.05) is 33.3 Å². The zero-order chi connectivity index (χ0) is 13.9. The number of hydrogen-bond acceptors (Lipinski definition) is 5. The van der Waals surface area contributed by atoms with Crippen LogP contribution in [0.4, 0.5) is 0 Å². The molecule has 0 spiro atoms. The van der Waals surface area contributed by atoms with E-state index in [1.54, 1.807) is 25.3 Å². The summed E-state index contributed by atoms with van der Waals surface area (Å²) in [5.41, 5.74) is 1.31. The van der Waals surface area contributed by atoms with Crippen molar-refractivity contribution in [3.63, 3.8) is 0 Å². The average Bonchev–Trinajstić information content (AvgIpc) is 2.48. The fourth-order valence-corrected chi connectivity index (χ4v) is 2.57. The largest absolute Gasteiger partial charge is 0.497 e. The van der Waals surface area contributed by atoms with Crippen LogP contribution in [0.2, 0.25) is 0 Å². The maximum Gasteiger partial charge on any atom is 0.336 e. The third kappa shape index (κ3) is 2.69. The lowest BCUT2D eigenvalue weighted by Gasteiger charge is -2.27. The van der Waals surface area contributed by atoms with Gasteiger partial charge in [0, 0.05) is 44.2 Å². The molecular formula is C15H18N2O3. The SMILES string of the molecule is COc1ccc2oc(=O)cc(CN3CCNCC3)c2c1. The van der Waals surface area contributed by atoms with Crippen molar-refractivity contribution in [3.05, 3.63) is 40.2 Å². The van der Waals surface area contributed by atoms with Crippen LogP contribution < -0.4 is 15.7 Å². The van der Waals surface area contributed by atoms with Gasteiger partial charge in [-0.15, -0.1) is 0 Å². The number of nitrogens with one attached hydrogen (secondary N) is 1. The molecule has 0 saturated carbocycles. The van der Waals surface area contributed by atoms with E-state index in [9.17, 15) is 4.79 Å². The minimum atomic E-state index is -0.298. The second kappa shape index (κ2) is 5.64. The van der Waals surface area contributed by atoms with Crippen LogP contribution in [0.25, 0.3) is 11.0 Å². The number of rotatable bonds is 3. The lowest BCUT2D eigenvalue weighted by Crippen LogP contribution is -2.43. The van der Waals surface area contributed by atoms with Crippen LogP contribution in [0, 0.1) is 0 Å². The fraction of sp³-hybridized carbons (Fsp3) is 0.400. The van der Waals surface area contributed by atoms with E-state index in [0.29, 0.717) is 5.58 Å². The highest BCUT2D eigenvalue weighted by Gasteiger charge is 2.13. The summed E-state index contributed by atoms with van der Waals surface area (Å²) in [6, 6.07) is 7.11. The Morgan fingerprint density at radius 3 is 2.85 bits per heavy atom. The second-order valence-corrected chi connectivity index (χ2v) is 4.98. The summed E-state index contributed by atoms with van der Waals surface area (Å²) in [6.07, 6.45) is 0. The number of benzene rings is 1. The van der Waals surface area contributed by atoms with Crippen molar-refractivity contribution in [2.24, 2.45) is 0 Å². The smallest absolute Gasteiger partial charge is 0.336 e. The Balaban J connectivity index is 2.00. The molecule has 1 aromatic carbocycles. The lowest BCUT2D eigenvalue weighted by atomic mass is 10.1. The summed E-state index contributed by atoms with van der Waals surface area (Å²) >= 11 is 0. The minimum Gasteiger partial charge on any atom is -0.497 e. The summed E-state index contributed by atoms with van der Waals surface area (Å²) in [5.74, 6) is 0.771. The van der Waals surface area contributed by atoms with Crippen molar-refractivity contribution in [1.82, 2.24) is 10.2 Å². The van der Waals surface area contributed by atoms with E-state index in [0.717, 1.165) is 49.4 Å². The molecule has 0 radical (unpaired) electrons. The topological polar surface area (TPSA) is 54.7 Å². The first kappa shape index (κ1) is 13.1. The molecule has 0 amide bonds. The van der Waals surface area contributed by atoms with E-state index in [1.807, 2.05) is 6.07 Å². The number of ether oxygens (including phenoxy) is 1. The summed E-state index contributed by atoms with van der Waals surface area (Å²) in [6.45, 7) is 4.72. The molecule has 2 aromatic rings. The highest BCUT2D eigenvalue weighted by Crippen LogP contribution is 2.23. The number of nitrogens with zero attached hydrogens (tertiary/aromatic N) is 1. The number of methoxy groups -OCH3 is 1. The van der Waals surface area contributed by atoms with E-state index in [2.05, 4.69) is 10.2 Å². The van der Waals surface area contributed by atoms with E-state index in [1.165, 1.54) is 0 Å². The van der Waals surface area contributed by atoms with Crippen LogP contribution >= 0.6 is 0 Å². The molecule has 2 heterocycles. The first-order valence-electron chi connectivity index (χ1n) is 6.80. The Morgan fingerprint density at radius 2 is 2.10 bits per heavy atom. The quantitative estimate of drug-likeness (QED) is 0.853. The Hall–Kier alpha value is -1.85. The van der Waals surface area contributed by atoms with Gasteiger partial charge in [-0.3, -0.25) is 4.90 Å². The van der Waals surface area contributed by atoms with Crippen molar-refractivity contribution in [2.45, 2.75) is 6.54 Å². The van der Waals surface area contributed by atoms with Crippen LogP contribution in [0.1, 0.15) is 5.56 Å². The van der Waals surface area contributed by atoms with Gasteiger partial charge in [0.05, 0.1) is 7.11 Å². The molecule has 0 aliphatic carbocycles. The summed E-state index contributed by atoms with van der Waals surface area (Å²) in [5, 5.41) is 4.27. The average molecular weight is 274 g/mol. The molecule has 1 aliphatic heterocycles. The maximum atomic E-state index is 11.7. The second-order valence-electron chi connectivity index (χ2n) is 4.98. The number of hydrogen-bond donors (Lipinski definition) is 1. The van der Waals surface area contributed by atoms with Crippen molar-refractivity contribution in [3.8, 4) is 5.75 Å². The molecular weight excluding hydrogens is 256 g/mol. The molecule has 3 rings (SSSR count). The standard InChI is InChI=1S/C15H18N2O3/c1-19-12-2-3-14-13(9-12)11(8-15(18)20-14)10-17-6-4-16-5-7-17/h2-3,8-9,16H,4-7,10H2,1H3. The van der Waals surface area contributed by atoms with Gasteiger partial charge in [0.2, 0.25) is 0 Å². The van der Waals surface area contributed by atoms with Gasteiger partial charge in [-0.05, 0) is 23.8 Å². The molecule has 1 saturated heterocycles. The predicted molar refractivity (Wildman–Crippen MR) is 77.2 cm³/mol. The number of piperazine rings is 1. The Morgan fingerprint density at radius 1 is 1.30 bits per heavy atom. The highest BCUT2D eigenvalue weighted by molar-refractivity contribution is 5.81. The molecule has 0 unspecified atom stereocenters. The van der Waals surface area contributed by atoms with E-state index < -0.39 is 0 Å². The van der Waals surface area contributed by atoms with Gasteiger partial charge in [-0.1, -0.05) is 0 Å². The third-order valence-electron chi connectivity index (χ3n) is 3.64. The fourth-order valence-electron chi connectivity index (χ4n) is 2.57. The molecule has 1 N–H and O–H groups in total. The molecule has 20 heavy (non-hydrogen) atoms. The summed E-state index contributed by atoms with van der Waals surface area (Å²) in [4.78, 5) is 14.0.